The summed E-state index contributed by atoms with van der Waals surface area (Å²) in [4.78, 5) is 9.54. The molecule has 0 bridgehead atoms. The second kappa shape index (κ2) is 6.41. The van der Waals surface area contributed by atoms with Gasteiger partial charge in [-0.1, -0.05) is 52.0 Å². The quantitative estimate of drug-likeness (QED) is 0.334. The van der Waals surface area contributed by atoms with E-state index in [0.29, 0.717) is 5.92 Å². The smallest absolute Gasteiger partial charge is 0.154 e. The minimum Gasteiger partial charge on any atom is -0.454 e. The lowest BCUT2D eigenvalue weighted by molar-refractivity contribution is 0.372. The molecule has 29 heavy (non-hydrogen) atoms. The molecular formula is C26H24N2O. The summed E-state index contributed by atoms with van der Waals surface area (Å²) in [5.41, 5.74) is 6.83. The fraction of sp³-hybridized carbons (Fsp3) is 0.231. The Hall–Kier alpha value is -3.20. The minimum absolute atomic E-state index is 0.0682. The van der Waals surface area contributed by atoms with Crippen molar-refractivity contribution in [3.05, 3.63) is 72.4 Å². The van der Waals surface area contributed by atoms with Crippen molar-refractivity contribution in [3.63, 3.8) is 0 Å². The van der Waals surface area contributed by atoms with E-state index in [4.69, 9.17) is 9.40 Å². The van der Waals surface area contributed by atoms with Gasteiger partial charge in [0.1, 0.15) is 11.1 Å². The number of fused-ring (bicyclic) bond motifs is 4. The maximum Gasteiger partial charge on any atom is 0.154 e. The fourth-order valence-corrected chi connectivity index (χ4v) is 3.82. The molecule has 0 aliphatic rings. The highest BCUT2D eigenvalue weighted by Crippen LogP contribution is 2.37. The fourth-order valence-electron chi connectivity index (χ4n) is 3.82. The van der Waals surface area contributed by atoms with Gasteiger partial charge in [0.2, 0.25) is 0 Å². The molecule has 0 amide bonds. The van der Waals surface area contributed by atoms with Crippen molar-refractivity contribution < 1.29 is 4.42 Å². The highest BCUT2D eigenvalue weighted by Gasteiger charge is 2.25. The lowest BCUT2D eigenvalue weighted by Gasteiger charge is -2.30. The van der Waals surface area contributed by atoms with Crippen LogP contribution in [-0.4, -0.2) is 9.97 Å². The van der Waals surface area contributed by atoms with Crippen LogP contribution < -0.4 is 0 Å². The lowest BCUT2D eigenvalue weighted by atomic mass is 9.75. The predicted octanol–water partition coefficient (Wildman–Crippen LogP) is 7.13. The van der Waals surface area contributed by atoms with Crippen LogP contribution in [0, 0.1) is 5.92 Å². The number of hydrogen-bond donors (Lipinski definition) is 0. The highest BCUT2D eigenvalue weighted by molar-refractivity contribution is 6.09. The van der Waals surface area contributed by atoms with Gasteiger partial charge in [0.25, 0.3) is 0 Å². The van der Waals surface area contributed by atoms with E-state index >= 15 is 0 Å². The average molecular weight is 380 g/mol. The molecule has 0 N–H and O–H groups in total. The van der Waals surface area contributed by atoms with Gasteiger partial charge in [0, 0.05) is 22.5 Å². The molecule has 0 atom stereocenters. The summed E-state index contributed by atoms with van der Waals surface area (Å²) >= 11 is 0. The van der Waals surface area contributed by atoms with Gasteiger partial charge < -0.3 is 4.42 Å². The summed E-state index contributed by atoms with van der Waals surface area (Å²) in [6, 6.07) is 20.8. The van der Waals surface area contributed by atoms with Gasteiger partial charge in [-0.2, -0.15) is 0 Å². The Balaban J connectivity index is 1.75. The molecular weight excluding hydrogens is 356 g/mol. The Labute approximate surface area is 170 Å². The summed E-state index contributed by atoms with van der Waals surface area (Å²) in [5.74, 6) is 0.524. The molecule has 0 radical (unpaired) electrons. The number of rotatable bonds is 3. The molecule has 0 saturated carbocycles. The van der Waals surface area contributed by atoms with Crippen LogP contribution in [-0.2, 0) is 5.41 Å². The van der Waals surface area contributed by atoms with Gasteiger partial charge in [-0.3, -0.25) is 4.98 Å². The highest BCUT2D eigenvalue weighted by atomic mass is 16.3. The zero-order chi connectivity index (χ0) is 20.2. The first-order valence-corrected chi connectivity index (χ1v) is 10.1. The number of benzene rings is 2. The van der Waals surface area contributed by atoms with Crippen LogP contribution in [0.25, 0.3) is 44.2 Å². The molecule has 0 spiro atoms. The summed E-state index contributed by atoms with van der Waals surface area (Å²) < 4.78 is 6.32. The third-order valence-electron chi connectivity index (χ3n) is 6.39. The van der Waals surface area contributed by atoms with Crippen molar-refractivity contribution in [2.45, 2.75) is 33.1 Å². The molecule has 5 rings (SSSR count). The van der Waals surface area contributed by atoms with E-state index in [2.05, 4.69) is 75.1 Å². The SMILES string of the molecule is CC(C)C(C)(C)c1ccnc(-c2cccc3c2oc2cc4ccccc4nc23)c1. The second-order valence-corrected chi connectivity index (χ2v) is 8.62. The van der Waals surface area contributed by atoms with E-state index in [-0.39, 0.29) is 5.41 Å². The van der Waals surface area contributed by atoms with Gasteiger partial charge in [-0.05, 0) is 53.3 Å². The molecule has 0 aliphatic carbocycles. The summed E-state index contributed by atoms with van der Waals surface area (Å²) in [7, 11) is 0. The van der Waals surface area contributed by atoms with Crippen LogP contribution in [0.3, 0.4) is 0 Å². The number of para-hydroxylation sites is 2. The average Bonchev–Trinajstić information content (AvgIpc) is 3.09. The van der Waals surface area contributed by atoms with E-state index in [1.54, 1.807) is 0 Å². The molecule has 3 aromatic heterocycles. The maximum absolute atomic E-state index is 6.32. The first-order valence-electron chi connectivity index (χ1n) is 10.1. The third-order valence-corrected chi connectivity index (χ3v) is 6.39. The van der Waals surface area contributed by atoms with Crippen molar-refractivity contribution in [1.29, 1.82) is 0 Å². The summed E-state index contributed by atoms with van der Waals surface area (Å²) in [5, 5.41) is 2.11. The van der Waals surface area contributed by atoms with Crippen molar-refractivity contribution in [1.82, 2.24) is 9.97 Å². The van der Waals surface area contributed by atoms with Gasteiger partial charge in [-0.15, -0.1) is 0 Å². The number of aromatic nitrogens is 2. The normalized spacial score (nSPS) is 12.4. The zero-order valence-electron chi connectivity index (χ0n) is 17.2. The van der Waals surface area contributed by atoms with Gasteiger partial charge in [-0.25, -0.2) is 4.98 Å². The topological polar surface area (TPSA) is 38.9 Å². The molecule has 0 aliphatic heterocycles. The number of nitrogens with zero attached hydrogens (tertiary/aromatic N) is 2. The first-order chi connectivity index (χ1) is 13.9. The second-order valence-electron chi connectivity index (χ2n) is 8.62. The molecule has 144 valence electrons. The van der Waals surface area contributed by atoms with Crippen molar-refractivity contribution in [2.24, 2.45) is 5.92 Å². The molecule has 5 aromatic rings. The summed E-state index contributed by atoms with van der Waals surface area (Å²) in [6.45, 7) is 9.09. The van der Waals surface area contributed by atoms with Crippen molar-refractivity contribution >= 4 is 33.0 Å². The van der Waals surface area contributed by atoms with E-state index in [0.717, 1.165) is 44.2 Å². The van der Waals surface area contributed by atoms with Gasteiger partial charge in [0.15, 0.2) is 5.58 Å². The van der Waals surface area contributed by atoms with Crippen LogP contribution in [0.15, 0.2) is 71.3 Å². The minimum atomic E-state index is 0.0682. The van der Waals surface area contributed by atoms with E-state index in [9.17, 15) is 0 Å². The Morgan fingerprint density at radius 2 is 1.76 bits per heavy atom. The molecule has 2 aromatic carbocycles. The van der Waals surface area contributed by atoms with E-state index in [1.165, 1.54) is 5.56 Å². The lowest BCUT2D eigenvalue weighted by Crippen LogP contribution is -2.24. The number of furan rings is 1. The zero-order valence-corrected chi connectivity index (χ0v) is 17.2. The Morgan fingerprint density at radius 3 is 2.59 bits per heavy atom. The van der Waals surface area contributed by atoms with Crippen LogP contribution in [0.5, 0.6) is 0 Å². The van der Waals surface area contributed by atoms with Crippen molar-refractivity contribution in [2.75, 3.05) is 0 Å². The Morgan fingerprint density at radius 1 is 0.931 bits per heavy atom. The molecule has 0 unspecified atom stereocenters. The van der Waals surface area contributed by atoms with Gasteiger partial charge >= 0.3 is 0 Å². The molecule has 0 fully saturated rings. The maximum atomic E-state index is 6.32. The monoisotopic (exact) mass is 380 g/mol. The third kappa shape index (κ3) is 2.80. The Kier molecular flexibility index (Phi) is 3.95. The molecule has 0 saturated heterocycles. The first kappa shape index (κ1) is 17.9. The van der Waals surface area contributed by atoms with E-state index in [1.807, 2.05) is 24.4 Å². The molecule has 3 heteroatoms. The standard InChI is InChI=1S/C26H24N2O/c1-16(2)26(3,4)18-12-13-27-22(15-18)19-9-7-10-20-24-23(29-25(19)20)14-17-8-5-6-11-21(17)28-24/h5-16H,1-4H3. The predicted molar refractivity (Wildman–Crippen MR) is 120 cm³/mol. The number of hydrogen-bond acceptors (Lipinski definition) is 3. The van der Waals surface area contributed by atoms with Crippen LogP contribution >= 0.6 is 0 Å². The number of pyridine rings is 2. The van der Waals surface area contributed by atoms with Crippen LogP contribution in [0.2, 0.25) is 0 Å². The molecule has 3 nitrogen and oxygen atoms in total. The largest absolute Gasteiger partial charge is 0.454 e. The van der Waals surface area contributed by atoms with Crippen LogP contribution in [0.4, 0.5) is 0 Å². The molecule has 3 heterocycles. The summed E-state index contributed by atoms with van der Waals surface area (Å²) in [6.07, 6.45) is 1.91. The van der Waals surface area contributed by atoms with Crippen LogP contribution in [0.1, 0.15) is 33.3 Å². The van der Waals surface area contributed by atoms with Crippen molar-refractivity contribution in [3.8, 4) is 11.3 Å². The Bertz CT molecular complexity index is 1360. The van der Waals surface area contributed by atoms with Gasteiger partial charge in [0.05, 0.1) is 11.2 Å². The van der Waals surface area contributed by atoms with E-state index < -0.39 is 0 Å².